The number of aryl methyl sites for hydroxylation is 1. The van der Waals surface area contributed by atoms with Crippen LogP contribution < -0.4 is 0 Å². The van der Waals surface area contributed by atoms with Crippen LogP contribution in [0.15, 0.2) is 34.7 Å². The minimum Gasteiger partial charge on any atom is -0.508 e. The van der Waals surface area contributed by atoms with Crippen molar-refractivity contribution in [2.75, 3.05) is 6.61 Å². The average Bonchev–Trinajstić information content (AvgIpc) is 2.61. The summed E-state index contributed by atoms with van der Waals surface area (Å²) < 4.78 is 5.59. The van der Waals surface area contributed by atoms with E-state index in [9.17, 15) is 5.11 Å². The van der Waals surface area contributed by atoms with Crippen LogP contribution in [0.4, 0.5) is 0 Å². The van der Waals surface area contributed by atoms with E-state index in [1.165, 1.54) is 0 Å². The number of phenols is 1. The fourth-order valence-electron chi connectivity index (χ4n) is 1.69. The molecule has 0 fully saturated rings. The fraction of sp³-hybridized carbons (Fsp3) is 0.231. The number of phenolic OH excluding ortho intramolecular Hbond substituents is 1. The highest BCUT2D eigenvalue weighted by atomic mass is 16.3. The van der Waals surface area contributed by atoms with Crippen LogP contribution in [0.5, 0.6) is 5.75 Å². The molecule has 16 heavy (non-hydrogen) atoms. The van der Waals surface area contributed by atoms with Gasteiger partial charge in [-0.2, -0.15) is 0 Å². The summed E-state index contributed by atoms with van der Waals surface area (Å²) in [5.41, 5.74) is 1.84. The number of hydrogen-bond donors (Lipinski definition) is 2. The molecule has 3 nitrogen and oxygen atoms in total. The van der Waals surface area contributed by atoms with Gasteiger partial charge in [0.15, 0.2) is 0 Å². The molecular formula is C13H14O3. The molecule has 2 N–H and O–H groups in total. The van der Waals surface area contributed by atoms with E-state index < -0.39 is 0 Å². The lowest BCUT2D eigenvalue weighted by molar-refractivity contribution is 0.298. The number of aliphatic hydroxyl groups is 1. The van der Waals surface area contributed by atoms with E-state index >= 15 is 0 Å². The number of furan rings is 1. The van der Waals surface area contributed by atoms with E-state index in [2.05, 4.69) is 0 Å². The van der Waals surface area contributed by atoms with Crippen molar-refractivity contribution in [3.05, 3.63) is 41.7 Å². The summed E-state index contributed by atoms with van der Waals surface area (Å²) in [6, 6.07) is 8.82. The molecule has 0 saturated heterocycles. The van der Waals surface area contributed by atoms with Gasteiger partial charge in [0.2, 0.25) is 0 Å². The van der Waals surface area contributed by atoms with Crippen LogP contribution in [-0.4, -0.2) is 16.8 Å². The molecule has 0 aliphatic rings. The Morgan fingerprint density at radius 2 is 2.06 bits per heavy atom. The third kappa shape index (κ3) is 2.09. The maximum absolute atomic E-state index is 9.37. The van der Waals surface area contributed by atoms with Crippen LogP contribution in [0.3, 0.4) is 0 Å². The SMILES string of the molecule is Cc1oc(-c2cccc(O)c2)cc1CCO. The zero-order chi connectivity index (χ0) is 11.5. The van der Waals surface area contributed by atoms with Crippen LogP contribution in [0.2, 0.25) is 0 Å². The second kappa shape index (κ2) is 4.41. The van der Waals surface area contributed by atoms with Crippen LogP contribution in [0.25, 0.3) is 11.3 Å². The van der Waals surface area contributed by atoms with Crippen molar-refractivity contribution >= 4 is 0 Å². The Balaban J connectivity index is 2.37. The maximum Gasteiger partial charge on any atom is 0.134 e. The van der Waals surface area contributed by atoms with Crippen molar-refractivity contribution in [1.29, 1.82) is 0 Å². The largest absolute Gasteiger partial charge is 0.508 e. The highest BCUT2D eigenvalue weighted by Gasteiger charge is 2.08. The van der Waals surface area contributed by atoms with Gasteiger partial charge in [-0.25, -0.2) is 0 Å². The lowest BCUT2D eigenvalue weighted by atomic mass is 10.1. The van der Waals surface area contributed by atoms with Gasteiger partial charge in [-0.05, 0) is 37.1 Å². The first kappa shape index (κ1) is 10.8. The predicted molar refractivity (Wildman–Crippen MR) is 61.3 cm³/mol. The molecule has 2 aromatic rings. The molecule has 0 aliphatic carbocycles. The van der Waals surface area contributed by atoms with Crippen molar-refractivity contribution < 1.29 is 14.6 Å². The summed E-state index contributed by atoms with van der Waals surface area (Å²) in [5.74, 6) is 1.75. The number of aliphatic hydroxyl groups excluding tert-OH is 1. The van der Waals surface area contributed by atoms with Crippen molar-refractivity contribution in [3.63, 3.8) is 0 Å². The Labute approximate surface area is 94.0 Å². The molecular weight excluding hydrogens is 204 g/mol. The van der Waals surface area contributed by atoms with E-state index in [1.54, 1.807) is 18.2 Å². The third-order valence-corrected chi connectivity index (χ3v) is 2.53. The Hall–Kier alpha value is -1.74. The van der Waals surface area contributed by atoms with Crippen LogP contribution in [-0.2, 0) is 6.42 Å². The molecule has 0 spiro atoms. The first-order valence-electron chi connectivity index (χ1n) is 5.20. The molecule has 0 aliphatic heterocycles. The van der Waals surface area contributed by atoms with Gasteiger partial charge in [-0.3, -0.25) is 0 Å². The van der Waals surface area contributed by atoms with Crippen molar-refractivity contribution in [2.45, 2.75) is 13.3 Å². The van der Waals surface area contributed by atoms with Crippen LogP contribution in [0.1, 0.15) is 11.3 Å². The van der Waals surface area contributed by atoms with E-state index in [0.717, 1.165) is 22.6 Å². The number of benzene rings is 1. The summed E-state index contributed by atoms with van der Waals surface area (Å²) in [7, 11) is 0. The summed E-state index contributed by atoms with van der Waals surface area (Å²) in [6.45, 7) is 1.98. The molecule has 3 heteroatoms. The fourth-order valence-corrected chi connectivity index (χ4v) is 1.69. The minimum absolute atomic E-state index is 0.111. The standard InChI is InChI=1S/C13H14O3/c1-9-10(5-6-14)8-13(16-9)11-3-2-4-12(15)7-11/h2-4,7-8,14-15H,5-6H2,1H3. The first-order chi connectivity index (χ1) is 7.70. The van der Waals surface area contributed by atoms with Crippen LogP contribution >= 0.6 is 0 Å². The van der Waals surface area contributed by atoms with Crippen molar-refractivity contribution in [2.24, 2.45) is 0 Å². The number of rotatable bonds is 3. The minimum atomic E-state index is 0.111. The number of hydrogen-bond acceptors (Lipinski definition) is 3. The van der Waals surface area contributed by atoms with Crippen molar-refractivity contribution in [1.82, 2.24) is 0 Å². The summed E-state index contributed by atoms with van der Waals surface area (Å²) in [4.78, 5) is 0. The molecule has 0 unspecified atom stereocenters. The Bertz CT molecular complexity index is 486. The molecule has 0 amide bonds. The average molecular weight is 218 g/mol. The van der Waals surface area contributed by atoms with E-state index in [1.807, 2.05) is 19.1 Å². The van der Waals surface area contributed by atoms with Gasteiger partial charge < -0.3 is 14.6 Å². The van der Waals surface area contributed by atoms with Gasteiger partial charge in [0, 0.05) is 12.2 Å². The van der Waals surface area contributed by atoms with Gasteiger partial charge in [0.05, 0.1) is 0 Å². The van der Waals surface area contributed by atoms with E-state index in [0.29, 0.717) is 6.42 Å². The summed E-state index contributed by atoms with van der Waals surface area (Å²) >= 11 is 0. The Kier molecular flexibility index (Phi) is 2.97. The molecule has 0 bridgehead atoms. The second-order valence-electron chi connectivity index (χ2n) is 3.72. The van der Waals surface area contributed by atoms with E-state index in [-0.39, 0.29) is 12.4 Å². The normalized spacial score (nSPS) is 10.6. The highest BCUT2D eigenvalue weighted by molar-refractivity contribution is 5.60. The van der Waals surface area contributed by atoms with Crippen molar-refractivity contribution in [3.8, 4) is 17.1 Å². The van der Waals surface area contributed by atoms with E-state index in [4.69, 9.17) is 9.52 Å². The molecule has 1 aromatic carbocycles. The molecule has 0 radical (unpaired) electrons. The van der Waals surface area contributed by atoms with Gasteiger partial charge in [-0.1, -0.05) is 12.1 Å². The lowest BCUT2D eigenvalue weighted by Gasteiger charge is -1.96. The summed E-state index contributed by atoms with van der Waals surface area (Å²) in [5, 5.41) is 18.3. The Morgan fingerprint density at radius 3 is 2.75 bits per heavy atom. The zero-order valence-corrected chi connectivity index (χ0v) is 9.10. The quantitative estimate of drug-likeness (QED) is 0.832. The van der Waals surface area contributed by atoms with Gasteiger partial charge in [0.25, 0.3) is 0 Å². The lowest BCUT2D eigenvalue weighted by Crippen LogP contribution is -1.89. The monoisotopic (exact) mass is 218 g/mol. The highest BCUT2D eigenvalue weighted by Crippen LogP contribution is 2.27. The maximum atomic E-state index is 9.37. The summed E-state index contributed by atoms with van der Waals surface area (Å²) in [6.07, 6.45) is 0.591. The molecule has 84 valence electrons. The van der Waals surface area contributed by atoms with Crippen LogP contribution in [0, 0.1) is 6.92 Å². The molecule has 1 heterocycles. The zero-order valence-electron chi connectivity index (χ0n) is 9.10. The Morgan fingerprint density at radius 1 is 1.25 bits per heavy atom. The molecule has 0 saturated carbocycles. The predicted octanol–water partition coefficient (Wildman–Crippen LogP) is 2.50. The molecule has 2 rings (SSSR count). The van der Waals surface area contributed by atoms with Gasteiger partial charge in [-0.15, -0.1) is 0 Å². The third-order valence-electron chi connectivity index (χ3n) is 2.53. The van der Waals surface area contributed by atoms with Gasteiger partial charge >= 0.3 is 0 Å². The smallest absolute Gasteiger partial charge is 0.134 e. The first-order valence-corrected chi connectivity index (χ1v) is 5.20. The molecule has 1 aromatic heterocycles. The second-order valence-corrected chi connectivity index (χ2v) is 3.72. The molecule has 0 atom stereocenters. The topological polar surface area (TPSA) is 53.6 Å². The van der Waals surface area contributed by atoms with Gasteiger partial charge in [0.1, 0.15) is 17.3 Å². The number of aromatic hydroxyl groups is 1.